The van der Waals surface area contributed by atoms with E-state index in [9.17, 15) is 0 Å². The zero-order chi connectivity index (χ0) is 15.2. The van der Waals surface area contributed by atoms with Crippen molar-refractivity contribution in [3.05, 3.63) is 90.8 Å². The van der Waals surface area contributed by atoms with Crippen LogP contribution < -0.4 is 24.8 Å². The van der Waals surface area contributed by atoms with Gasteiger partial charge >= 0.3 is 25.8 Å². The van der Waals surface area contributed by atoms with Gasteiger partial charge in [0.15, 0.2) is 0 Å². The minimum absolute atomic E-state index is 0. The normalized spacial score (nSPS) is 9.16. The third-order valence-corrected chi connectivity index (χ3v) is 3.78. The van der Waals surface area contributed by atoms with E-state index in [0.717, 1.165) is 0 Å². The summed E-state index contributed by atoms with van der Waals surface area (Å²) >= 11 is 0. The summed E-state index contributed by atoms with van der Waals surface area (Å²) in [7, 11) is 0. The van der Waals surface area contributed by atoms with Crippen LogP contribution in [0.5, 0.6) is 0 Å². The maximum absolute atomic E-state index is 2.20. The Labute approximate surface area is 181 Å². The first-order chi connectivity index (χ1) is 10.9. The molecule has 0 aliphatic rings. The van der Waals surface area contributed by atoms with Crippen LogP contribution in [0.15, 0.2) is 85.2 Å². The second-order valence-corrected chi connectivity index (χ2v) is 5.48. The van der Waals surface area contributed by atoms with Crippen LogP contribution in [0, 0.1) is 0 Å². The maximum atomic E-state index is 2.20. The van der Waals surface area contributed by atoms with Gasteiger partial charge in [-0.05, 0) is 17.8 Å². The monoisotopic (exact) mass is 537 g/mol. The van der Waals surface area contributed by atoms with E-state index < -0.39 is 0 Å². The van der Waals surface area contributed by atoms with E-state index in [4.69, 9.17) is 0 Å². The van der Waals surface area contributed by atoms with Crippen molar-refractivity contribution in [3.8, 4) is 5.69 Å². The first kappa shape index (κ1) is 23.9. The van der Waals surface area contributed by atoms with Gasteiger partial charge in [-0.1, -0.05) is 25.8 Å². The van der Waals surface area contributed by atoms with Gasteiger partial charge < -0.3 is 29.4 Å². The van der Waals surface area contributed by atoms with E-state index in [0.29, 0.717) is 0 Å². The predicted octanol–water partition coefficient (Wildman–Crippen LogP) is -0.287. The number of rotatable bonds is 3. The predicted molar refractivity (Wildman–Crippen MR) is 94.9 cm³/mol. The largest absolute Gasteiger partial charge is 4.00 e. The van der Waals surface area contributed by atoms with Crippen LogP contribution in [0.4, 0.5) is 0 Å². The minimum Gasteiger partial charge on any atom is -1.00 e. The molecule has 4 aromatic rings. The van der Waals surface area contributed by atoms with E-state index in [1.54, 1.807) is 0 Å². The number of hydrogen-bond donors (Lipinski definition) is 0. The van der Waals surface area contributed by atoms with Crippen LogP contribution in [0.3, 0.4) is 0 Å². The van der Waals surface area contributed by atoms with Gasteiger partial charge in [0.2, 0.25) is 0 Å². The van der Waals surface area contributed by atoms with Gasteiger partial charge in [0.25, 0.3) is 0 Å². The van der Waals surface area contributed by atoms with Crippen molar-refractivity contribution in [1.82, 2.24) is 4.57 Å². The molecule has 1 nitrogen and oxygen atoms in total. The molecule has 0 radical (unpaired) electrons. The third kappa shape index (κ3) is 6.62. The van der Waals surface area contributed by atoms with Gasteiger partial charge in [0.1, 0.15) is 0 Å². The topological polar surface area (TPSA) is 4.93 Å². The summed E-state index contributed by atoms with van der Waals surface area (Å²) in [6, 6.07) is 25.4. The number of aromatic nitrogens is 1. The molecule has 4 rings (SSSR count). The van der Waals surface area contributed by atoms with E-state index in [1.165, 1.54) is 34.9 Å². The van der Waals surface area contributed by atoms with Gasteiger partial charge in [-0.2, -0.15) is 17.7 Å². The first-order valence-electron chi connectivity index (χ1n) is 7.86. The Kier molecular flexibility index (Phi) is 11.8. The molecule has 0 saturated carbocycles. The molecule has 0 aliphatic heterocycles. The van der Waals surface area contributed by atoms with Gasteiger partial charge in [-0.25, -0.2) is 12.1 Å². The molecular weight excluding hydrogens is 516 g/mol. The van der Waals surface area contributed by atoms with Gasteiger partial charge in [-0.15, -0.1) is 41.1 Å². The fraction of sp³-hybridized carbons (Fsp3) is 0.143. The number of halogens is 2. The molecule has 0 amide bonds. The molecule has 0 aliphatic carbocycles. The van der Waals surface area contributed by atoms with E-state index in [2.05, 4.69) is 84.5 Å². The van der Waals surface area contributed by atoms with Crippen molar-refractivity contribution < 1.29 is 50.7 Å². The van der Waals surface area contributed by atoms with Crippen LogP contribution in [-0.2, 0) is 32.3 Å². The van der Waals surface area contributed by atoms with E-state index in [-0.39, 0.29) is 50.7 Å². The molecule has 3 aromatic carbocycles. The summed E-state index contributed by atoms with van der Waals surface area (Å²) in [5.41, 5.74) is 2.70. The van der Waals surface area contributed by atoms with Crippen molar-refractivity contribution in [2.24, 2.45) is 0 Å². The Morgan fingerprint density at radius 2 is 1.56 bits per heavy atom. The first-order valence-corrected chi connectivity index (χ1v) is 7.86. The van der Waals surface area contributed by atoms with E-state index >= 15 is 0 Å². The number of hydrogen-bond acceptors (Lipinski definition) is 0. The Hall–Kier alpha value is -1.09. The van der Waals surface area contributed by atoms with Crippen LogP contribution in [-0.4, -0.2) is 4.57 Å². The summed E-state index contributed by atoms with van der Waals surface area (Å²) in [6.45, 7) is 2.20. The van der Waals surface area contributed by atoms with Crippen molar-refractivity contribution in [1.29, 1.82) is 0 Å². The minimum atomic E-state index is 0. The second kappa shape index (κ2) is 12.3. The fourth-order valence-corrected chi connectivity index (χ4v) is 2.66. The standard InChI is InChI=1S/C13H10N.C8H11.2ClH.Hf/c1-2-6-12-10-13(9-11(12)5-1)14-7-3-4-8-14;1-2-5-8-6-3-4-7-8;;;/h1-10H;3-4,6-7H,2,5H2,1H3;2*1H;/q2*-1;;;+4/p-2. The van der Waals surface area contributed by atoms with Crippen molar-refractivity contribution in [3.63, 3.8) is 0 Å². The third-order valence-electron chi connectivity index (χ3n) is 3.78. The average Bonchev–Trinajstić information content (AvgIpc) is 3.29. The van der Waals surface area contributed by atoms with Crippen LogP contribution >= 0.6 is 0 Å². The Morgan fingerprint density at radius 1 is 0.920 bits per heavy atom. The summed E-state index contributed by atoms with van der Waals surface area (Å²) in [6.07, 6.45) is 6.61. The number of benzene rings is 1. The van der Waals surface area contributed by atoms with Crippen LogP contribution in [0.1, 0.15) is 18.9 Å². The molecule has 0 saturated heterocycles. The Morgan fingerprint density at radius 3 is 2.16 bits per heavy atom. The smallest absolute Gasteiger partial charge is 1.00 e. The zero-order valence-electron chi connectivity index (χ0n) is 14.2. The Balaban J connectivity index is 0.000000462. The van der Waals surface area contributed by atoms with Gasteiger partial charge in [-0.3, -0.25) is 0 Å². The van der Waals surface area contributed by atoms with Crippen molar-refractivity contribution in [2.45, 2.75) is 19.8 Å². The fourth-order valence-electron chi connectivity index (χ4n) is 2.66. The molecule has 0 bridgehead atoms. The Bertz CT molecular complexity index is 769. The molecule has 1 aromatic heterocycles. The number of fused-ring (bicyclic) bond motifs is 1. The van der Waals surface area contributed by atoms with Crippen molar-refractivity contribution >= 4 is 10.8 Å². The molecule has 25 heavy (non-hydrogen) atoms. The molecular formula is C21H21Cl2HfN. The van der Waals surface area contributed by atoms with E-state index in [1.807, 2.05) is 12.1 Å². The van der Waals surface area contributed by atoms with Crippen molar-refractivity contribution in [2.75, 3.05) is 0 Å². The molecule has 0 N–H and O–H groups in total. The molecule has 0 fully saturated rings. The molecule has 0 unspecified atom stereocenters. The quantitative estimate of drug-likeness (QED) is 0.251. The number of aryl methyl sites for hydroxylation is 1. The van der Waals surface area contributed by atoms with Crippen LogP contribution in [0.2, 0.25) is 0 Å². The van der Waals surface area contributed by atoms with Gasteiger partial charge in [0, 0.05) is 12.4 Å². The number of nitrogens with zero attached hydrogens (tertiary/aromatic N) is 1. The molecule has 0 spiro atoms. The average molecular weight is 537 g/mol. The van der Waals surface area contributed by atoms with Crippen LogP contribution in [0.25, 0.3) is 16.5 Å². The van der Waals surface area contributed by atoms with Gasteiger partial charge in [0.05, 0.1) is 0 Å². The molecule has 128 valence electrons. The zero-order valence-corrected chi connectivity index (χ0v) is 19.3. The molecule has 4 heteroatoms. The SMILES string of the molecule is CCC[c-]1cccc1.[Cl-].[Cl-].[Hf+4].c1ccc2[cH-]c(-n3cccc3)cc2c1. The molecule has 1 heterocycles. The molecule has 0 atom stereocenters. The maximum Gasteiger partial charge on any atom is 4.00 e. The summed E-state index contributed by atoms with van der Waals surface area (Å²) in [5, 5.41) is 2.60. The summed E-state index contributed by atoms with van der Waals surface area (Å²) in [5.74, 6) is 0. The second-order valence-electron chi connectivity index (χ2n) is 5.48. The summed E-state index contributed by atoms with van der Waals surface area (Å²) in [4.78, 5) is 0. The summed E-state index contributed by atoms with van der Waals surface area (Å²) < 4.78 is 2.12.